The second-order valence-electron chi connectivity index (χ2n) is 4.77. The lowest BCUT2D eigenvalue weighted by Crippen LogP contribution is -2.34. The number of nitrogens with zero attached hydrogens (tertiary/aromatic N) is 2. The Bertz CT molecular complexity index is 569. The number of carbonyl (C=O) groups is 1. The summed E-state index contributed by atoms with van der Waals surface area (Å²) in [6.07, 6.45) is 1.10. The molecule has 0 radical (unpaired) electrons. The molecule has 0 aliphatic heterocycles. The van der Waals surface area contributed by atoms with Crippen LogP contribution in [0.25, 0.3) is 0 Å². The van der Waals surface area contributed by atoms with Crippen LogP contribution in [0.1, 0.15) is 23.2 Å². The summed E-state index contributed by atoms with van der Waals surface area (Å²) in [6.45, 7) is 2.90. The molecule has 0 bridgehead atoms. The molecule has 5 heteroatoms. The fraction of sp³-hybridized carbons (Fsp3) is 0.375. The number of thiazole rings is 1. The molecule has 112 valence electrons. The van der Waals surface area contributed by atoms with Crippen molar-refractivity contribution in [2.75, 3.05) is 19.7 Å². The molecule has 0 spiro atoms. The molecule has 0 unspecified atom stereocenters. The molecule has 0 fully saturated rings. The highest BCUT2D eigenvalue weighted by atomic mass is 32.1. The Morgan fingerprint density at radius 2 is 2.10 bits per heavy atom. The predicted molar refractivity (Wildman–Crippen MR) is 84.4 cm³/mol. The number of hydrogen-bond donors (Lipinski definition) is 1. The van der Waals surface area contributed by atoms with Gasteiger partial charge in [-0.2, -0.15) is 0 Å². The topological polar surface area (TPSA) is 53.4 Å². The number of aliphatic hydroxyl groups excluding tert-OH is 1. The largest absolute Gasteiger partial charge is 0.395 e. The van der Waals surface area contributed by atoms with E-state index in [1.54, 1.807) is 16.2 Å². The lowest BCUT2D eigenvalue weighted by Gasteiger charge is -2.18. The highest BCUT2D eigenvalue weighted by Crippen LogP contribution is 2.15. The van der Waals surface area contributed by atoms with Crippen molar-refractivity contribution in [2.24, 2.45) is 0 Å². The highest BCUT2D eigenvalue weighted by molar-refractivity contribution is 7.09. The molecule has 21 heavy (non-hydrogen) atoms. The fourth-order valence-corrected chi connectivity index (χ4v) is 2.96. The Labute approximate surface area is 129 Å². The van der Waals surface area contributed by atoms with Gasteiger partial charge < -0.3 is 10.0 Å². The van der Waals surface area contributed by atoms with Gasteiger partial charge in [0.15, 0.2) is 0 Å². The van der Waals surface area contributed by atoms with Gasteiger partial charge >= 0.3 is 0 Å². The zero-order valence-electron chi connectivity index (χ0n) is 12.2. The van der Waals surface area contributed by atoms with Crippen LogP contribution in [0.15, 0.2) is 35.7 Å². The zero-order valence-corrected chi connectivity index (χ0v) is 13.0. The van der Waals surface area contributed by atoms with E-state index < -0.39 is 0 Å². The molecule has 0 saturated carbocycles. The van der Waals surface area contributed by atoms with Crippen LogP contribution >= 0.6 is 11.3 Å². The summed E-state index contributed by atoms with van der Waals surface area (Å²) in [5.74, 6) is 0.0168. The van der Waals surface area contributed by atoms with E-state index in [1.807, 2.05) is 30.5 Å². The summed E-state index contributed by atoms with van der Waals surface area (Å²) in [5.41, 5.74) is 2.03. The average Bonchev–Trinajstić information content (AvgIpc) is 2.92. The monoisotopic (exact) mass is 304 g/mol. The third kappa shape index (κ3) is 4.65. The number of aromatic nitrogens is 1. The van der Waals surface area contributed by atoms with Gasteiger partial charge in [0.1, 0.15) is 0 Å². The number of carbonyl (C=O) groups excluding carboxylic acids is 1. The van der Waals surface area contributed by atoms with Crippen molar-refractivity contribution >= 4 is 17.2 Å². The maximum absolute atomic E-state index is 12.1. The molecule has 0 aliphatic rings. The van der Waals surface area contributed by atoms with Crippen molar-refractivity contribution in [1.82, 2.24) is 9.88 Å². The lowest BCUT2D eigenvalue weighted by atomic mass is 10.2. The maximum atomic E-state index is 12.1. The summed E-state index contributed by atoms with van der Waals surface area (Å²) in [4.78, 5) is 18.3. The molecular formula is C16H20N2O2S. The quantitative estimate of drug-likeness (QED) is 0.852. The Hall–Kier alpha value is -1.72. The molecule has 1 aromatic carbocycles. The van der Waals surface area contributed by atoms with Crippen molar-refractivity contribution in [3.05, 3.63) is 52.0 Å². The average molecular weight is 304 g/mol. The SMILES string of the molecule is CCN(CCO)C(=O)Cc1csc(Cc2ccccc2)n1. The van der Waals surface area contributed by atoms with Gasteiger partial charge in [0.05, 0.1) is 23.7 Å². The molecule has 2 rings (SSSR count). The molecule has 4 nitrogen and oxygen atoms in total. The summed E-state index contributed by atoms with van der Waals surface area (Å²) >= 11 is 1.59. The minimum Gasteiger partial charge on any atom is -0.395 e. The van der Waals surface area contributed by atoms with E-state index in [4.69, 9.17) is 5.11 Å². The smallest absolute Gasteiger partial charge is 0.228 e. The zero-order chi connectivity index (χ0) is 15.1. The van der Waals surface area contributed by atoms with E-state index in [2.05, 4.69) is 17.1 Å². The van der Waals surface area contributed by atoms with E-state index in [1.165, 1.54) is 5.56 Å². The minimum absolute atomic E-state index is 0.00406. The van der Waals surface area contributed by atoms with Crippen molar-refractivity contribution in [2.45, 2.75) is 19.8 Å². The molecule has 1 N–H and O–H groups in total. The molecule has 1 amide bonds. The van der Waals surface area contributed by atoms with Crippen molar-refractivity contribution in [3.63, 3.8) is 0 Å². The normalized spacial score (nSPS) is 10.6. The van der Waals surface area contributed by atoms with E-state index in [9.17, 15) is 4.79 Å². The van der Waals surface area contributed by atoms with E-state index >= 15 is 0 Å². The lowest BCUT2D eigenvalue weighted by molar-refractivity contribution is -0.130. The summed E-state index contributed by atoms with van der Waals surface area (Å²) in [7, 11) is 0. The first-order valence-corrected chi connectivity index (χ1v) is 7.96. The molecule has 0 atom stereocenters. The van der Waals surface area contributed by atoms with Gasteiger partial charge in [-0.25, -0.2) is 4.98 Å². The number of likely N-dealkylation sites (N-methyl/N-ethyl adjacent to an activating group) is 1. The predicted octanol–water partition coefficient (Wildman–Crippen LogP) is 2.12. The van der Waals surface area contributed by atoms with Crippen LogP contribution in [0.2, 0.25) is 0 Å². The van der Waals surface area contributed by atoms with E-state index in [0.29, 0.717) is 19.5 Å². The second-order valence-corrected chi connectivity index (χ2v) is 5.71. The first kappa shape index (κ1) is 15.7. The Kier molecular flexibility index (Phi) is 5.90. The van der Waals surface area contributed by atoms with Crippen molar-refractivity contribution < 1.29 is 9.90 Å². The van der Waals surface area contributed by atoms with Crippen molar-refractivity contribution in [1.29, 1.82) is 0 Å². The first-order valence-electron chi connectivity index (χ1n) is 7.08. The molecule has 1 aromatic heterocycles. The number of amides is 1. The summed E-state index contributed by atoms with van der Waals surface area (Å²) in [5, 5.41) is 11.9. The summed E-state index contributed by atoms with van der Waals surface area (Å²) in [6, 6.07) is 10.2. The third-order valence-corrected chi connectivity index (χ3v) is 4.13. The van der Waals surface area contributed by atoms with Crippen molar-refractivity contribution in [3.8, 4) is 0 Å². The summed E-state index contributed by atoms with van der Waals surface area (Å²) < 4.78 is 0. The highest BCUT2D eigenvalue weighted by Gasteiger charge is 2.13. The number of aliphatic hydroxyl groups is 1. The van der Waals surface area contributed by atoms with Crippen LogP contribution in [-0.4, -0.2) is 40.6 Å². The first-order chi connectivity index (χ1) is 10.2. The second kappa shape index (κ2) is 7.90. The van der Waals surface area contributed by atoms with E-state index in [0.717, 1.165) is 17.1 Å². The van der Waals surface area contributed by atoms with Crippen LogP contribution in [0.3, 0.4) is 0 Å². The number of rotatable bonds is 7. The molecule has 0 aliphatic carbocycles. The van der Waals surface area contributed by atoms with Crippen LogP contribution < -0.4 is 0 Å². The van der Waals surface area contributed by atoms with Crippen LogP contribution in [0, 0.1) is 0 Å². The molecule has 1 heterocycles. The van der Waals surface area contributed by atoms with E-state index in [-0.39, 0.29) is 12.5 Å². The van der Waals surface area contributed by atoms with Crippen LogP contribution in [0.4, 0.5) is 0 Å². The third-order valence-electron chi connectivity index (χ3n) is 3.23. The number of hydrogen-bond acceptors (Lipinski definition) is 4. The maximum Gasteiger partial charge on any atom is 0.228 e. The van der Waals surface area contributed by atoms with Gasteiger partial charge in [-0.1, -0.05) is 30.3 Å². The molecule has 2 aromatic rings. The minimum atomic E-state index is -0.00406. The van der Waals surface area contributed by atoms with Gasteiger partial charge in [0, 0.05) is 24.9 Å². The van der Waals surface area contributed by atoms with Crippen LogP contribution in [-0.2, 0) is 17.6 Å². The Balaban J connectivity index is 1.95. The van der Waals surface area contributed by atoms with Gasteiger partial charge in [-0.15, -0.1) is 11.3 Å². The Morgan fingerprint density at radius 1 is 1.33 bits per heavy atom. The van der Waals surface area contributed by atoms with Crippen LogP contribution in [0.5, 0.6) is 0 Å². The molecule has 0 saturated heterocycles. The fourth-order valence-electron chi connectivity index (χ4n) is 2.13. The Morgan fingerprint density at radius 3 is 2.76 bits per heavy atom. The van der Waals surface area contributed by atoms with Gasteiger partial charge in [0.2, 0.25) is 5.91 Å². The standard InChI is InChI=1S/C16H20N2O2S/c1-2-18(8-9-19)16(20)11-14-12-21-15(17-14)10-13-6-4-3-5-7-13/h3-7,12,19H,2,8-11H2,1H3. The molecular weight excluding hydrogens is 284 g/mol. The number of benzene rings is 1. The van der Waals surface area contributed by atoms with Gasteiger partial charge in [-0.3, -0.25) is 4.79 Å². The van der Waals surface area contributed by atoms with Gasteiger partial charge in [-0.05, 0) is 12.5 Å². The van der Waals surface area contributed by atoms with Gasteiger partial charge in [0.25, 0.3) is 0 Å².